The molecule has 0 aliphatic carbocycles. The van der Waals surface area contributed by atoms with Crippen molar-refractivity contribution in [2.45, 2.75) is 12.8 Å². The fraction of sp³-hybridized carbons (Fsp3) is 0.625. The van der Waals surface area contributed by atoms with Crippen LogP contribution in [0.5, 0.6) is 0 Å². The lowest BCUT2D eigenvalue weighted by molar-refractivity contribution is -0.126. The summed E-state index contributed by atoms with van der Waals surface area (Å²) in [6, 6.07) is 0. The highest BCUT2D eigenvalue weighted by Gasteiger charge is 2.10. The Kier molecular flexibility index (Phi) is 3.11. The summed E-state index contributed by atoms with van der Waals surface area (Å²) in [6.45, 7) is 1.29. The highest BCUT2D eigenvalue weighted by Crippen LogP contribution is 2.03. The van der Waals surface area contributed by atoms with Gasteiger partial charge in [-0.2, -0.15) is 0 Å². The van der Waals surface area contributed by atoms with Crippen LogP contribution in [0, 0.1) is 0 Å². The lowest BCUT2D eigenvalue weighted by atomic mass is 10.3. The van der Waals surface area contributed by atoms with E-state index in [1.165, 1.54) is 0 Å². The summed E-state index contributed by atoms with van der Waals surface area (Å²) < 4.78 is 0. The second kappa shape index (κ2) is 4.13. The van der Waals surface area contributed by atoms with Crippen LogP contribution < -0.4 is 0 Å². The van der Waals surface area contributed by atoms with Gasteiger partial charge in [0.25, 0.3) is 0 Å². The minimum Gasteiger partial charge on any atom is -0.395 e. The summed E-state index contributed by atoms with van der Waals surface area (Å²) in [6.07, 6.45) is 5.44. The molecule has 0 aromatic heterocycles. The van der Waals surface area contributed by atoms with Crippen LogP contribution in [0.3, 0.4) is 0 Å². The second-order valence-electron chi connectivity index (χ2n) is 2.59. The summed E-state index contributed by atoms with van der Waals surface area (Å²) in [4.78, 5) is 12.8. The second-order valence-corrected chi connectivity index (χ2v) is 2.59. The highest BCUT2D eigenvalue weighted by molar-refractivity contribution is 5.87. The van der Waals surface area contributed by atoms with E-state index in [4.69, 9.17) is 5.11 Å². The van der Waals surface area contributed by atoms with Crippen LogP contribution in [-0.4, -0.2) is 35.6 Å². The molecule has 0 atom stereocenters. The third-order valence-electron chi connectivity index (χ3n) is 1.74. The van der Waals surface area contributed by atoms with Crippen LogP contribution in [0.25, 0.3) is 0 Å². The van der Waals surface area contributed by atoms with Crippen molar-refractivity contribution in [1.29, 1.82) is 0 Å². The lowest BCUT2D eigenvalue weighted by Crippen LogP contribution is -2.32. The predicted octanol–water partition coefficient (Wildman–Crippen LogP) is 0.157. The number of allylic oxidation sites excluding steroid dienone is 1. The molecule has 0 spiro atoms. The van der Waals surface area contributed by atoms with Gasteiger partial charge >= 0.3 is 0 Å². The van der Waals surface area contributed by atoms with Gasteiger partial charge < -0.3 is 10.0 Å². The number of amides is 1. The molecule has 1 amide bonds. The van der Waals surface area contributed by atoms with Crippen LogP contribution >= 0.6 is 0 Å². The minimum absolute atomic E-state index is 0.0246. The SMILES string of the molecule is O=C1C=CCCCN1CCO. The summed E-state index contributed by atoms with van der Waals surface area (Å²) >= 11 is 0. The molecular weight excluding hydrogens is 142 g/mol. The number of aliphatic hydroxyl groups is 1. The van der Waals surface area contributed by atoms with Crippen molar-refractivity contribution in [1.82, 2.24) is 4.90 Å². The van der Waals surface area contributed by atoms with Gasteiger partial charge in [0.2, 0.25) is 5.91 Å². The van der Waals surface area contributed by atoms with Gasteiger partial charge in [-0.05, 0) is 18.9 Å². The zero-order chi connectivity index (χ0) is 8.10. The van der Waals surface area contributed by atoms with E-state index in [2.05, 4.69) is 0 Å². The van der Waals surface area contributed by atoms with E-state index in [0.717, 1.165) is 19.4 Å². The molecule has 0 radical (unpaired) electrons. The zero-order valence-corrected chi connectivity index (χ0v) is 6.49. The van der Waals surface area contributed by atoms with Crippen molar-refractivity contribution >= 4 is 5.91 Å². The van der Waals surface area contributed by atoms with Crippen molar-refractivity contribution in [3.8, 4) is 0 Å². The number of carbonyl (C=O) groups excluding carboxylic acids is 1. The van der Waals surface area contributed by atoms with Crippen LogP contribution in [-0.2, 0) is 4.79 Å². The Labute approximate surface area is 66.3 Å². The minimum atomic E-state index is 0.0246. The first-order valence-corrected chi connectivity index (χ1v) is 3.91. The molecule has 0 saturated heterocycles. The van der Waals surface area contributed by atoms with E-state index in [-0.39, 0.29) is 12.5 Å². The molecular formula is C8H13NO2. The molecule has 11 heavy (non-hydrogen) atoms. The fourth-order valence-electron chi connectivity index (χ4n) is 1.14. The van der Waals surface area contributed by atoms with Gasteiger partial charge in [-0.15, -0.1) is 0 Å². The molecule has 0 fully saturated rings. The van der Waals surface area contributed by atoms with Crippen LogP contribution in [0.15, 0.2) is 12.2 Å². The van der Waals surface area contributed by atoms with Crippen molar-refractivity contribution in [2.24, 2.45) is 0 Å². The Bertz CT molecular complexity index is 165. The number of rotatable bonds is 2. The molecule has 0 unspecified atom stereocenters. The first-order valence-electron chi connectivity index (χ1n) is 3.91. The first kappa shape index (κ1) is 8.27. The molecule has 1 rings (SSSR count). The summed E-state index contributed by atoms with van der Waals surface area (Å²) in [5, 5.41) is 8.61. The number of aliphatic hydroxyl groups excluding tert-OH is 1. The first-order chi connectivity index (χ1) is 5.34. The smallest absolute Gasteiger partial charge is 0.246 e. The maximum atomic E-state index is 11.1. The number of hydrogen-bond acceptors (Lipinski definition) is 2. The van der Waals surface area contributed by atoms with Gasteiger partial charge in [0.15, 0.2) is 0 Å². The third kappa shape index (κ3) is 2.35. The van der Waals surface area contributed by atoms with Crippen molar-refractivity contribution < 1.29 is 9.90 Å². The Morgan fingerprint density at radius 2 is 2.45 bits per heavy atom. The molecule has 1 aliphatic rings. The lowest BCUT2D eigenvalue weighted by Gasteiger charge is -2.17. The number of carbonyl (C=O) groups is 1. The highest BCUT2D eigenvalue weighted by atomic mass is 16.3. The van der Waals surface area contributed by atoms with E-state index in [0.29, 0.717) is 6.54 Å². The number of nitrogens with zero attached hydrogens (tertiary/aromatic N) is 1. The van der Waals surface area contributed by atoms with Gasteiger partial charge in [-0.1, -0.05) is 6.08 Å². The van der Waals surface area contributed by atoms with E-state index in [1.54, 1.807) is 11.0 Å². The van der Waals surface area contributed by atoms with Gasteiger partial charge in [0, 0.05) is 13.1 Å². The molecule has 62 valence electrons. The summed E-state index contributed by atoms with van der Waals surface area (Å²) in [5.74, 6) is 0.0246. The van der Waals surface area contributed by atoms with E-state index in [1.807, 2.05) is 6.08 Å². The van der Waals surface area contributed by atoms with Crippen molar-refractivity contribution in [3.05, 3.63) is 12.2 Å². The van der Waals surface area contributed by atoms with Crippen molar-refractivity contribution in [3.63, 3.8) is 0 Å². The van der Waals surface area contributed by atoms with Gasteiger partial charge in [-0.3, -0.25) is 4.79 Å². The van der Waals surface area contributed by atoms with Crippen LogP contribution in [0.1, 0.15) is 12.8 Å². The topological polar surface area (TPSA) is 40.5 Å². The number of hydrogen-bond donors (Lipinski definition) is 1. The van der Waals surface area contributed by atoms with E-state index in [9.17, 15) is 4.79 Å². The monoisotopic (exact) mass is 155 g/mol. The molecule has 1 heterocycles. The molecule has 1 aliphatic heterocycles. The number of β-amino-alcohol motifs (C(OH)–C–C–N with tert-alkyl or cyclic N) is 1. The zero-order valence-electron chi connectivity index (χ0n) is 6.49. The summed E-state index contributed by atoms with van der Waals surface area (Å²) in [5.41, 5.74) is 0. The van der Waals surface area contributed by atoms with E-state index >= 15 is 0 Å². The van der Waals surface area contributed by atoms with Crippen molar-refractivity contribution in [2.75, 3.05) is 19.7 Å². The largest absolute Gasteiger partial charge is 0.395 e. The predicted molar refractivity (Wildman–Crippen MR) is 42.0 cm³/mol. The maximum Gasteiger partial charge on any atom is 0.246 e. The fourth-order valence-corrected chi connectivity index (χ4v) is 1.14. The molecule has 0 saturated carbocycles. The third-order valence-corrected chi connectivity index (χ3v) is 1.74. The quantitative estimate of drug-likeness (QED) is 0.617. The Morgan fingerprint density at radius 1 is 1.64 bits per heavy atom. The van der Waals surface area contributed by atoms with Gasteiger partial charge in [0.05, 0.1) is 6.61 Å². The molecule has 0 bridgehead atoms. The molecule has 0 aromatic rings. The van der Waals surface area contributed by atoms with Gasteiger partial charge in [-0.25, -0.2) is 0 Å². The molecule has 3 heteroatoms. The summed E-state index contributed by atoms with van der Waals surface area (Å²) in [7, 11) is 0. The molecule has 0 aromatic carbocycles. The standard InChI is InChI=1S/C8H13NO2/c10-7-6-9-5-3-1-2-4-8(9)11/h2,4,10H,1,3,5-7H2. The Hall–Kier alpha value is -0.830. The average molecular weight is 155 g/mol. The Morgan fingerprint density at radius 3 is 3.18 bits per heavy atom. The average Bonchev–Trinajstić information content (AvgIpc) is 2.18. The molecule has 1 N–H and O–H groups in total. The van der Waals surface area contributed by atoms with Gasteiger partial charge in [0.1, 0.15) is 0 Å². The van der Waals surface area contributed by atoms with E-state index < -0.39 is 0 Å². The maximum absolute atomic E-state index is 11.1. The normalized spacial score (nSPS) is 18.6. The van der Waals surface area contributed by atoms with Crippen LogP contribution in [0.2, 0.25) is 0 Å². The Balaban J connectivity index is 2.48. The molecule has 3 nitrogen and oxygen atoms in total. The van der Waals surface area contributed by atoms with Crippen LogP contribution in [0.4, 0.5) is 0 Å².